The Balaban J connectivity index is 1.49. The third-order valence-corrected chi connectivity index (χ3v) is 6.69. The normalized spacial score (nSPS) is 17.8. The first kappa shape index (κ1) is 21.3. The second-order valence-corrected chi connectivity index (χ2v) is 8.82. The van der Waals surface area contributed by atoms with Gasteiger partial charge in [0.25, 0.3) is 0 Å². The highest BCUT2D eigenvalue weighted by molar-refractivity contribution is 6.28. The molecule has 0 radical (unpaired) electrons. The van der Waals surface area contributed by atoms with Crippen molar-refractivity contribution in [3.63, 3.8) is 0 Å². The van der Waals surface area contributed by atoms with Gasteiger partial charge in [-0.1, -0.05) is 30.3 Å². The summed E-state index contributed by atoms with van der Waals surface area (Å²) in [6.07, 6.45) is -0.871. The summed E-state index contributed by atoms with van der Waals surface area (Å²) in [5, 5.41) is 21.3. The van der Waals surface area contributed by atoms with Gasteiger partial charge in [-0.3, -0.25) is 0 Å². The molecule has 0 saturated carbocycles. The Morgan fingerprint density at radius 1 is 1.18 bits per heavy atom. The number of nitrogens with zero attached hydrogens (tertiary/aromatic N) is 6. The van der Waals surface area contributed by atoms with E-state index in [9.17, 15) is 15.2 Å². The number of fused-ring (bicyclic) bond motifs is 2. The van der Waals surface area contributed by atoms with Gasteiger partial charge in [0.2, 0.25) is 5.28 Å². The summed E-state index contributed by atoms with van der Waals surface area (Å²) < 4.78 is 0. The summed E-state index contributed by atoms with van der Waals surface area (Å²) in [5.41, 5.74) is 4.24. The third kappa shape index (κ3) is 3.79. The lowest BCUT2D eigenvalue weighted by atomic mass is 10.0. The summed E-state index contributed by atoms with van der Waals surface area (Å²) >= 11 is 6.31. The molecule has 0 bridgehead atoms. The van der Waals surface area contributed by atoms with Crippen LogP contribution in [-0.2, 0) is 13.1 Å². The molecule has 3 aromatic rings. The van der Waals surface area contributed by atoms with Gasteiger partial charge < -0.3 is 19.8 Å². The minimum Gasteiger partial charge on any atom is -0.465 e. The van der Waals surface area contributed by atoms with Crippen molar-refractivity contribution in [2.45, 2.75) is 32.5 Å². The molecule has 1 saturated heterocycles. The van der Waals surface area contributed by atoms with Crippen LogP contribution >= 0.6 is 11.6 Å². The van der Waals surface area contributed by atoms with Crippen LogP contribution in [-0.4, -0.2) is 51.7 Å². The molecule has 0 spiro atoms. The first-order valence-corrected chi connectivity index (χ1v) is 11.2. The number of anilines is 2. The van der Waals surface area contributed by atoms with Gasteiger partial charge in [0.1, 0.15) is 5.82 Å². The van der Waals surface area contributed by atoms with Crippen molar-refractivity contribution in [3.05, 3.63) is 58.5 Å². The fourth-order valence-electron chi connectivity index (χ4n) is 4.99. The van der Waals surface area contributed by atoms with Gasteiger partial charge >= 0.3 is 6.09 Å². The van der Waals surface area contributed by atoms with Gasteiger partial charge in [-0.2, -0.15) is 5.26 Å². The Kier molecular flexibility index (Phi) is 5.43. The van der Waals surface area contributed by atoms with E-state index in [1.807, 2.05) is 4.90 Å². The molecular weight excluding hydrogens is 440 g/mol. The summed E-state index contributed by atoms with van der Waals surface area (Å²) in [6, 6.07) is 14.3. The summed E-state index contributed by atoms with van der Waals surface area (Å²) in [6.45, 7) is 4.57. The smallest absolute Gasteiger partial charge is 0.407 e. The van der Waals surface area contributed by atoms with Crippen molar-refractivity contribution in [2.24, 2.45) is 0 Å². The van der Waals surface area contributed by atoms with E-state index in [0.29, 0.717) is 32.7 Å². The van der Waals surface area contributed by atoms with Gasteiger partial charge in [0.05, 0.1) is 30.8 Å². The quantitative estimate of drug-likeness (QED) is 0.583. The molecule has 5 rings (SSSR count). The van der Waals surface area contributed by atoms with Crippen molar-refractivity contribution in [1.82, 2.24) is 14.9 Å². The summed E-state index contributed by atoms with van der Waals surface area (Å²) in [5.74, 6) is 0.734. The van der Waals surface area contributed by atoms with E-state index in [1.54, 1.807) is 0 Å². The van der Waals surface area contributed by atoms with Gasteiger partial charge in [-0.25, -0.2) is 14.8 Å². The van der Waals surface area contributed by atoms with Crippen molar-refractivity contribution >= 4 is 40.0 Å². The number of hydrogen-bond acceptors (Lipinski definition) is 6. The first-order valence-electron chi connectivity index (χ1n) is 10.9. The lowest BCUT2D eigenvalue weighted by molar-refractivity contribution is 0.119. The highest BCUT2D eigenvalue weighted by atomic mass is 35.5. The highest BCUT2D eigenvalue weighted by Crippen LogP contribution is 2.38. The summed E-state index contributed by atoms with van der Waals surface area (Å²) in [7, 11) is 0. The molecule has 2 aromatic carbocycles. The molecule has 1 fully saturated rings. The molecule has 1 N–H and O–H groups in total. The molecular formula is C24H23ClN6O2. The zero-order valence-electron chi connectivity index (χ0n) is 18.2. The maximum Gasteiger partial charge on any atom is 0.407 e. The average molecular weight is 463 g/mol. The number of carboxylic acid groups (broad SMARTS) is 1. The number of benzene rings is 2. The van der Waals surface area contributed by atoms with E-state index in [2.05, 4.69) is 64.3 Å². The zero-order chi connectivity index (χ0) is 23.1. The van der Waals surface area contributed by atoms with Crippen LogP contribution in [0.1, 0.15) is 23.2 Å². The van der Waals surface area contributed by atoms with E-state index in [4.69, 9.17) is 11.6 Å². The zero-order valence-corrected chi connectivity index (χ0v) is 19.0. The molecule has 168 valence electrons. The first-order chi connectivity index (χ1) is 16.0. The second-order valence-electron chi connectivity index (χ2n) is 8.49. The monoisotopic (exact) mass is 462 g/mol. The molecule has 9 heteroatoms. The number of carbonyl (C=O) groups is 1. The molecule has 1 amide bonds. The lowest BCUT2D eigenvalue weighted by Gasteiger charge is -2.40. The maximum atomic E-state index is 11.6. The number of amides is 1. The predicted octanol–water partition coefficient (Wildman–Crippen LogP) is 4.19. The van der Waals surface area contributed by atoms with Crippen molar-refractivity contribution in [1.29, 1.82) is 5.26 Å². The minimum atomic E-state index is -1.00. The number of rotatable bonds is 3. The average Bonchev–Trinajstić information content (AvgIpc) is 3.22. The van der Waals surface area contributed by atoms with Crippen LogP contribution in [0, 0.1) is 18.3 Å². The van der Waals surface area contributed by atoms with E-state index in [0.717, 1.165) is 22.8 Å². The van der Waals surface area contributed by atoms with Gasteiger partial charge in [0, 0.05) is 42.8 Å². The fraction of sp³-hybridized carbons (Fsp3) is 0.333. The van der Waals surface area contributed by atoms with Gasteiger partial charge in [-0.15, -0.1) is 0 Å². The van der Waals surface area contributed by atoms with Crippen LogP contribution in [0.2, 0.25) is 5.28 Å². The number of aryl methyl sites for hydroxylation is 1. The third-order valence-electron chi connectivity index (χ3n) is 6.52. The van der Waals surface area contributed by atoms with Crippen molar-refractivity contribution in [3.8, 4) is 6.07 Å². The molecule has 1 atom stereocenters. The predicted molar refractivity (Wildman–Crippen MR) is 127 cm³/mol. The van der Waals surface area contributed by atoms with E-state index < -0.39 is 12.1 Å². The van der Waals surface area contributed by atoms with Crippen molar-refractivity contribution in [2.75, 3.05) is 29.4 Å². The largest absolute Gasteiger partial charge is 0.465 e. The molecule has 2 aliphatic rings. The number of hydrogen-bond donors (Lipinski definition) is 1. The van der Waals surface area contributed by atoms with Gasteiger partial charge in [0.15, 0.2) is 0 Å². The summed E-state index contributed by atoms with van der Waals surface area (Å²) in [4.78, 5) is 26.3. The Morgan fingerprint density at radius 2 is 1.97 bits per heavy atom. The van der Waals surface area contributed by atoms with Crippen LogP contribution in [0.15, 0.2) is 36.4 Å². The Hall–Kier alpha value is -3.57. The van der Waals surface area contributed by atoms with Gasteiger partial charge in [-0.05, 0) is 35.5 Å². The number of piperazine rings is 1. The Labute approximate surface area is 196 Å². The van der Waals surface area contributed by atoms with Crippen LogP contribution in [0.25, 0.3) is 10.8 Å². The van der Waals surface area contributed by atoms with E-state index >= 15 is 0 Å². The van der Waals surface area contributed by atoms with Crippen LogP contribution in [0.4, 0.5) is 16.3 Å². The van der Waals surface area contributed by atoms with E-state index in [1.165, 1.54) is 21.2 Å². The topological polar surface area (TPSA) is 96.6 Å². The molecule has 0 aliphatic carbocycles. The molecule has 0 unspecified atom stereocenters. The number of nitriles is 1. The molecule has 1 aromatic heterocycles. The molecule has 8 nitrogen and oxygen atoms in total. The Bertz CT molecular complexity index is 1280. The van der Waals surface area contributed by atoms with Crippen LogP contribution < -0.4 is 9.80 Å². The maximum absolute atomic E-state index is 11.6. The molecule has 3 heterocycles. The number of aromatic nitrogens is 2. The van der Waals surface area contributed by atoms with Crippen molar-refractivity contribution < 1.29 is 9.90 Å². The molecule has 2 aliphatic heterocycles. The van der Waals surface area contributed by atoms with Crippen LogP contribution in [0.3, 0.4) is 0 Å². The fourth-order valence-corrected chi connectivity index (χ4v) is 5.17. The number of halogens is 1. The lowest BCUT2D eigenvalue weighted by Crippen LogP contribution is -2.55. The van der Waals surface area contributed by atoms with Crippen LogP contribution in [0.5, 0.6) is 0 Å². The molecule has 33 heavy (non-hydrogen) atoms. The minimum absolute atomic E-state index is 0.130. The Morgan fingerprint density at radius 3 is 2.73 bits per heavy atom. The second kappa shape index (κ2) is 8.41. The SMILES string of the molecule is Cc1cccc2cccc(N3Cc4nc(Cl)nc(N5CCN(C(=O)O)[C@@H](CC#N)C5)c4C3)c12. The highest BCUT2D eigenvalue weighted by Gasteiger charge is 2.34. The van der Waals surface area contributed by atoms with E-state index in [-0.39, 0.29) is 11.7 Å². The standard InChI is InChI=1S/C24H23ClN6O2/c1-15-4-2-5-16-6-3-7-20(21(15)16)30-13-18-19(14-30)27-23(25)28-22(18)29-10-11-31(24(32)33)17(12-29)8-9-26/h2-7,17H,8,10-14H2,1H3,(H,32,33)/t17-/m0/s1.